The quantitative estimate of drug-likeness (QED) is 0.869. The Balaban J connectivity index is 1.84. The Kier molecular flexibility index (Phi) is 4.66. The van der Waals surface area contributed by atoms with Crippen LogP contribution in [0.2, 0.25) is 10.0 Å². The van der Waals surface area contributed by atoms with Crippen LogP contribution in [0.3, 0.4) is 0 Å². The highest BCUT2D eigenvalue weighted by Crippen LogP contribution is 2.26. The minimum Gasteiger partial charge on any atom is -0.463 e. The molecule has 0 saturated carbocycles. The number of benzene rings is 1. The van der Waals surface area contributed by atoms with Gasteiger partial charge in [0.05, 0.1) is 22.5 Å². The molecule has 1 aliphatic heterocycles. The largest absolute Gasteiger partial charge is 0.463 e. The molecule has 2 rings (SSSR count). The number of nitrogens with one attached hydrogen (secondary N) is 1. The smallest absolute Gasteiger partial charge is 0.310 e. The third-order valence-electron chi connectivity index (χ3n) is 2.90. The summed E-state index contributed by atoms with van der Waals surface area (Å²) in [5.74, 6) is -0.385. The SMILES string of the molecule is O=C1CCC(COC(=O)Cc2cccc(Cl)c2Cl)N1. The van der Waals surface area contributed by atoms with Gasteiger partial charge < -0.3 is 10.1 Å². The molecule has 6 heteroatoms. The van der Waals surface area contributed by atoms with Gasteiger partial charge in [-0.2, -0.15) is 0 Å². The molecule has 1 aromatic rings. The molecule has 1 unspecified atom stereocenters. The van der Waals surface area contributed by atoms with Crippen molar-refractivity contribution in [2.75, 3.05) is 6.61 Å². The summed E-state index contributed by atoms with van der Waals surface area (Å²) in [4.78, 5) is 22.7. The van der Waals surface area contributed by atoms with Crippen LogP contribution in [-0.4, -0.2) is 24.5 Å². The predicted molar refractivity (Wildman–Crippen MR) is 72.3 cm³/mol. The second kappa shape index (κ2) is 6.26. The van der Waals surface area contributed by atoms with Gasteiger partial charge in [-0.15, -0.1) is 0 Å². The van der Waals surface area contributed by atoms with Crippen LogP contribution in [0, 0.1) is 0 Å². The fourth-order valence-corrected chi connectivity index (χ4v) is 2.27. The van der Waals surface area contributed by atoms with Crippen LogP contribution in [0.25, 0.3) is 0 Å². The molecule has 0 spiro atoms. The highest BCUT2D eigenvalue weighted by Gasteiger charge is 2.22. The number of ether oxygens (including phenoxy) is 1. The lowest BCUT2D eigenvalue weighted by molar-refractivity contribution is -0.143. The molecule has 1 atom stereocenters. The fourth-order valence-electron chi connectivity index (χ4n) is 1.89. The average molecular weight is 302 g/mol. The van der Waals surface area contributed by atoms with Crippen molar-refractivity contribution in [2.24, 2.45) is 0 Å². The molecule has 0 bridgehead atoms. The third kappa shape index (κ3) is 3.85. The summed E-state index contributed by atoms with van der Waals surface area (Å²) < 4.78 is 5.12. The Labute approximate surface area is 121 Å². The highest BCUT2D eigenvalue weighted by molar-refractivity contribution is 6.42. The summed E-state index contributed by atoms with van der Waals surface area (Å²) >= 11 is 11.8. The van der Waals surface area contributed by atoms with E-state index in [1.54, 1.807) is 18.2 Å². The van der Waals surface area contributed by atoms with Crippen molar-refractivity contribution in [2.45, 2.75) is 25.3 Å². The molecule has 0 aliphatic carbocycles. The first kappa shape index (κ1) is 14.2. The van der Waals surface area contributed by atoms with E-state index in [0.717, 1.165) is 0 Å². The topological polar surface area (TPSA) is 55.4 Å². The molecule has 102 valence electrons. The van der Waals surface area contributed by atoms with Gasteiger partial charge in [-0.3, -0.25) is 9.59 Å². The van der Waals surface area contributed by atoms with E-state index in [1.807, 2.05) is 0 Å². The van der Waals surface area contributed by atoms with E-state index in [2.05, 4.69) is 5.32 Å². The molecule has 1 aromatic carbocycles. The Morgan fingerprint density at radius 2 is 2.21 bits per heavy atom. The number of amides is 1. The predicted octanol–water partition coefficient (Wildman–Crippen LogP) is 2.36. The Hall–Kier alpha value is -1.26. The first-order valence-corrected chi connectivity index (χ1v) is 6.69. The number of esters is 1. The van der Waals surface area contributed by atoms with Gasteiger partial charge in [-0.05, 0) is 18.1 Å². The Morgan fingerprint density at radius 3 is 2.89 bits per heavy atom. The minimum atomic E-state index is -0.384. The number of rotatable bonds is 4. The van der Waals surface area contributed by atoms with E-state index >= 15 is 0 Å². The zero-order valence-electron chi connectivity index (χ0n) is 10.1. The molecular formula is C13H13Cl2NO3. The molecule has 1 aliphatic rings. The molecule has 0 radical (unpaired) electrons. The zero-order chi connectivity index (χ0) is 13.8. The molecule has 0 aromatic heterocycles. The summed E-state index contributed by atoms with van der Waals surface area (Å²) in [5, 5.41) is 3.51. The van der Waals surface area contributed by atoms with Gasteiger partial charge in [0.25, 0.3) is 0 Å². The van der Waals surface area contributed by atoms with Crippen molar-refractivity contribution in [1.82, 2.24) is 5.32 Å². The number of hydrogen-bond acceptors (Lipinski definition) is 3. The van der Waals surface area contributed by atoms with Crippen LogP contribution in [0.5, 0.6) is 0 Å². The fraction of sp³-hybridized carbons (Fsp3) is 0.385. The maximum Gasteiger partial charge on any atom is 0.310 e. The first-order chi connectivity index (χ1) is 9.06. The van der Waals surface area contributed by atoms with Crippen LogP contribution in [-0.2, 0) is 20.7 Å². The van der Waals surface area contributed by atoms with Crippen molar-refractivity contribution in [3.63, 3.8) is 0 Å². The maximum absolute atomic E-state index is 11.7. The summed E-state index contributed by atoms with van der Waals surface area (Å²) in [6.07, 6.45) is 1.26. The van der Waals surface area contributed by atoms with E-state index in [0.29, 0.717) is 28.5 Å². The third-order valence-corrected chi connectivity index (χ3v) is 3.75. The van der Waals surface area contributed by atoms with Crippen molar-refractivity contribution in [3.05, 3.63) is 33.8 Å². The van der Waals surface area contributed by atoms with Crippen molar-refractivity contribution in [1.29, 1.82) is 0 Å². The monoisotopic (exact) mass is 301 g/mol. The summed E-state index contributed by atoms with van der Waals surface area (Å²) in [7, 11) is 0. The zero-order valence-corrected chi connectivity index (χ0v) is 11.6. The molecule has 19 heavy (non-hydrogen) atoms. The van der Waals surface area contributed by atoms with Crippen molar-refractivity contribution in [3.8, 4) is 0 Å². The average Bonchev–Trinajstić information content (AvgIpc) is 2.78. The lowest BCUT2D eigenvalue weighted by Crippen LogP contribution is -2.31. The van der Waals surface area contributed by atoms with Crippen molar-refractivity contribution < 1.29 is 14.3 Å². The van der Waals surface area contributed by atoms with E-state index in [-0.39, 0.29) is 30.9 Å². The summed E-state index contributed by atoms with van der Waals surface area (Å²) in [6, 6.07) is 5.04. The minimum absolute atomic E-state index is 0.000986. The van der Waals surface area contributed by atoms with Crippen molar-refractivity contribution >= 4 is 35.1 Å². The standard InChI is InChI=1S/C13H13Cl2NO3/c14-10-3-1-2-8(13(10)15)6-12(18)19-7-9-4-5-11(17)16-9/h1-3,9H,4-7H2,(H,16,17). The molecular weight excluding hydrogens is 289 g/mol. The maximum atomic E-state index is 11.7. The summed E-state index contributed by atoms with van der Waals surface area (Å²) in [5.41, 5.74) is 0.634. The number of carbonyl (C=O) groups excluding carboxylic acids is 2. The van der Waals surface area contributed by atoms with Crippen LogP contribution in [0.15, 0.2) is 18.2 Å². The Bertz CT molecular complexity index is 505. The van der Waals surface area contributed by atoms with Gasteiger partial charge in [0.1, 0.15) is 6.61 Å². The normalized spacial score (nSPS) is 18.2. The molecule has 4 nitrogen and oxygen atoms in total. The van der Waals surface area contributed by atoms with Gasteiger partial charge in [0.15, 0.2) is 0 Å². The van der Waals surface area contributed by atoms with Crippen LogP contribution in [0.4, 0.5) is 0 Å². The lowest BCUT2D eigenvalue weighted by Gasteiger charge is -2.11. The Morgan fingerprint density at radius 1 is 1.42 bits per heavy atom. The lowest BCUT2D eigenvalue weighted by atomic mass is 10.1. The van der Waals surface area contributed by atoms with Gasteiger partial charge in [-0.25, -0.2) is 0 Å². The second-order valence-corrected chi connectivity index (χ2v) is 5.16. The molecule has 1 N–H and O–H groups in total. The van der Waals surface area contributed by atoms with Crippen LogP contribution in [0.1, 0.15) is 18.4 Å². The summed E-state index contributed by atoms with van der Waals surface area (Å²) in [6.45, 7) is 0.197. The second-order valence-electron chi connectivity index (χ2n) is 4.38. The van der Waals surface area contributed by atoms with Gasteiger partial charge in [0.2, 0.25) is 5.91 Å². The van der Waals surface area contributed by atoms with E-state index in [4.69, 9.17) is 27.9 Å². The van der Waals surface area contributed by atoms with E-state index in [1.165, 1.54) is 0 Å². The first-order valence-electron chi connectivity index (χ1n) is 5.94. The van der Waals surface area contributed by atoms with Gasteiger partial charge >= 0.3 is 5.97 Å². The molecule has 1 amide bonds. The van der Waals surface area contributed by atoms with Gasteiger partial charge in [0, 0.05) is 6.42 Å². The molecule has 1 fully saturated rings. The number of carbonyl (C=O) groups is 2. The molecule has 1 heterocycles. The number of halogens is 2. The highest BCUT2D eigenvalue weighted by atomic mass is 35.5. The molecule has 1 saturated heterocycles. The van der Waals surface area contributed by atoms with E-state index < -0.39 is 0 Å². The van der Waals surface area contributed by atoms with Crippen LogP contribution >= 0.6 is 23.2 Å². The van der Waals surface area contributed by atoms with Gasteiger partial charge in [-0.1, -0.05) is 35.3 Å². The van der Waals surface area contributed by atoms with E-state index in [9.17, 15) is 9.59 Å². The number of hydrogen-bond donors (Lipinski definition) is 1. The van der Waals surface area contributed by atoms with Crippen LogP contribution < -0.4 is 5.32 Å².